The SMILES string of the molecule is O=C(O)Cn1nnnc1-c1nnnn1C1CCNCC1. The molecule has 1 fully saturated rings. The lowest BCUT2D eigenvalue weighted by Gasteiger charge is -2.22. The lowest BCUT2D eigenvalue weighted by Crippen LogP contribution is -2.30. The van der Waals surface area contributed by atoms with E-state index in [1.54, 1.807) is 4.68 Å². The minimum Gasteiger partial charge on any atom is -0.480 e. The Balaban J connectivity index is 1.93. The molecule has 1 aliphatic rings. The monoisotopic (exact) mass is 279 g/mol. The van der Waals surface area contributed by atoms with Gasteiger partial charge in [0.1, 0.15) is 6.54 Å². The van der Waals surface area contributed by atoms with Crippen molar-refractivity contribution >= 4 is 5.97 Å². The summed E-state index contributed by atoms with van der Waals surface area (Å²) in [5.74, 6) is -0.376. The highest BCUT2D eigenvalue weighted by Gasteiger charge is 2.24. The van der Waals surface area contributed by atoms with E-state index in [0.29, 0.717) is 5.82 Å². The first-order chi connectivity index (χ1) is 9.75. The van der Waals surface area contributed by atoms with Gasteiger partial charge in [0.2, 0.25) is 11.6 Å². The van der Waals surface area contributed by atoms with Crippen LogP contribution < -0.4 is 5.32 Å². The average molecular weight is 279 g/mol. The predicted molar refractivity (Wildman–Crippen MR) is 63.4 cm³/mol. The Kier molecular flexibility index (Phi) is 3.33. The van der Waals surface area contributed by atoms with Crippen molar-refractivity contribution in [2.75, 3.05) is 13.1 Å². The summed E-state index contributed by atoms with van der Waals surface area (Å²) in [5.41, 5.74) is 0. The van der Waals surface area contributed by atoms with E-state index in [9.17, 15) is 4.79 Å². The summed E-state index contributed by atoms with van der Waals surface area (Å²) >= 11 is 0. The molecular weight excluding hydrogens is 266 g/mol. The van der Waals surface area contributed by atoms with E-state index in [1.165, 1.54) is 4.68 Å². The van der Waals surface area contributed by atoms with Gasteiger partial charge in [-0.3, -0.25) is 4.79 Å². The Morgan fingerprint density at radius 1 is 1.20 bits per heavy atom. The summed E-state index contributed by atoms with van der Waals surface area (Å²) < 4.78 is 2.84. The minimum absolute atomic E-state index is 0.163. The van der Waals surface area contributed by atoms with Gasteiger partial charge in [-0.25, -0.2) is 9.36 Å². The van der Waals surface area contributed by atoms with Crippen LogP contribution in [0.5, 0.6) is 0 Å². The first-order valence-electron chi connectivity index (χ1n) is 6.22. The van der Waals surface area contributed by atoms with Crippen LogP contribution in [0.2, 0.25) is 0 Å². The van der Waals surface area contributed by atoms with Gasteiger partial charge in [-0.05, 0) is 46.8 Å². The normalized spacial score (nSPS) is 16.4. The van der Waals surface area contributed by atoms with Crippen molar-refractivity contribution in [3.63, 3.8) is 0 Å². The van der Waals surface area contributed by atoms with Crippen molar-refractivity contribution in [2.45, 2.75) is 25.4 Å². The fourth-order valence-corrected chi connectivity index (χ4v) is 2.24. The molecule has 1 aliphatic heterocycles. The van der Waals surface area contributed by atoms with Gasteiger partial charge in [0.25, 0.3) is 0 Å². The summed E-state index contributed by atoms with van der Waals surface area (Å²) in [4.78, 5) is 10.8. The van der Waals surface area contributed by atoms with Crippen LogP contribution in [0.3, 0.4) is 0 Å². The Morgan fingerprint density at radius 3 is 2.65 bits per heavy atom. The van der Waals surface area contributed by atoms with E-state index in [4.69, 9.17) is 5.11 Å². The number of aliphatic carboxylic acids is 1. The second-order valence-electron chi connectivity index (χ2n) is 4.48. The topological polar surface area (TPSA) is 137 Å². The summed E-state index contributed by atoms with van der Waals surface area (Å²) in [6.07, 6.45) is 1.80. The fraction of sp³-hybridized carbons (Fsp3) is 0.667. The smallest absolute Gasteiger partial charge is 0.325 e. The number of aromatic nitrogens is 8. The van der Waals surface area contributed by atoms with Crippen LogP contribution in [0.4, 0.5) is 0 Å². The number of nitrogens with one attached hydrogen (secondary N) is 1. The molecule has 106 valence electrons. The molecule has 20 heavy (non-hydrogen) atoms. The number of hydrogen-bond acceptors (Lipinski definition) is 8. The third-order valence-electron chi connectivity index (χ3n) is 3.16. The molecule has 11 heteroatoms. The van der Waals surface area contributed by atoms with Gasteiger partial charge in [-0.15, -0.1) is 10.2 Å². The first-order valence-corrected chi connectivity index (χ1v) is 6.22. The zero-order valence-electron chi connectivity index (χ0n) is 10.5. The summed E-state index contributed by atoms with van der Waals surface area (Å²) in [7, 11) is 0. The molecule has 0 saturated carbocycles. The number of carboxylic acid groups (broad SMARTS) is 1. The van der Waals surface area contributed by atoms with E-state index in [0.717, 1.165) is 25.9 Å². The predicted octanol–water partition coefficient (Wildman–Crippen LogP) is -1.66. The van der Waals surface area contributed by atoms with Crippen LogP contribution in [0.25, 0.3) is 11.6 Å². The zero-order chi connectivity index (χ0) is 13.9. The maximum atomic E-state index is 10.8. The van der Waals surface area contributed by atoms with Crippen LogP contribution in [-0.4, -0.2) is 64.6 Å². The molecule has 0 spiro atoms. The molecule has 2 aromatic rings. The van der Waals surface area contributed by atoms with Gasteiger partial charge in [0, 0.05) is 0 Å². The molecule has 0 radical (unpaired) electrons. The van der Waals surface area contributed by atoms with E-state index < -0.39 is 5.97 Å². The molecule has 3 heterocycles. The van der Waals surface area contributed by atoms with Crippen LogP contribution in [0.15, 0.2) is 0 Å². The van der Waals surface area contributed by atoms with E-state index >= 15 is 0 Å². The van der Waals surface area contributed by atoms with Crippen LogP contribution >= 0.6 is 0 Å². The molecule has 3 rings (SSSR count). The Labute approximate surface area is 113 Å². The standard InChI is InChI=1S/C9H13N9O2/c19-7(20)5-17-8(11-13-15-17)9-12-14-16-18(9)6-1-3-10-4-2-6/h6,10H,1-5H2,(H,19,20). The average Bonchev–Trinajstić information content (AvgIpc) is 3.07. The highest BCUT2D eigenvalue weighted by atomic mass is 16.4. The van der Waals surface area contributed by atoms with Crippen LogP contribution in [0.1, 0.15) is 18.9 Å². The van der Waals surface area contributed by atoms with Crippen molar-refractivity contribution in [3.05, 3.63) is 0 Å². The van der Waals surface area contributed by atoms with E-state index in [1.807, 2.05) is 0 Å². The van der Waals surface area contributed by atoms with Crippen LogP contribution in [-0.2, 0) is 11.3 Å². The van der Waals surface area contributed by atoms with Gasteiger partial charge in [-0.2, -0.15) is 0 Å². The molecule has 2 N–H and O–H groups in total. The lowest BCUT2D eigenvalue weighted by molar-refractivity contribution is -0.137. The number of carboxylic acids is 1. The highest BCUT2D eigenvalue weighted by molar-refractivity contribution is 5.67. The van der Waals surface area contributed by atoms with Gasteiger partial charge in [-0.1, -0.05) is 0 Å². The maximum Gasteiger partial charge on any atom is 0.325 e. The van der Waals surface area contributed by atoms with Crippen molar-refractivity contribution in [1.82, 2.24) is 45.7 Å². The molecule has 2 aromatic heterocycles. The molecule has 0 amide bonds. The highest BCUT2D eigenvalue weighted by Crippen LogP contribution is 2.22. The second-order valence-corrected chi connectivity index (χ2v) is 4.48. The van der Waals surface area contributed by atoms with Crippen LogP contribution in [0, 0.1) is 0 Å². The molecule has 0 aromatic carbocycles. The number of tetrazole rings is 2. The second kappa shape index (κ2) is 5.28. The number of piperidine rings is 1. The Hall–Kier alpha value is -2.43. The minimum atomic E-state index is -1.03. The lowest BCUT2D eigenvalue weighted by atomic mass is 10.1. The summed E-state index contributed by atoms with van der Waals surface area (Å²) in [6, 6.07) is 0.163. The van der Waals surface area contributed by atoms with Gasteiger partial charge < -0.3 is 10.4 Å². The molecule has 0 atom stereocenters. The quantitative estimate of drug-likeness (QED) is 0.673. The number of hydrogen-bond donors (Lipinski definition) is 2. The van der Waals surface area contributed by atoms with Gasteiger partial charge >= 0.3 is 5.97 Å². The molecule has 0 unspecified atom stereocenters. The number of carbonyl (C=O) groups is 1. The van der Waals surface area contributed by atoms with Crippen molar-refractivity contribution in [3.8, 4) is 11.6 Å². The molecular formula is C9H13N9O2. The molecule has 11 nitrogen and oxygen atoms in total. The van der Waals surface area contributed by atoms with Crippen molar-refractivity contribution in [1.29, 1.82) is 0 Å². The first kappa shape index (κ1) is 12.6. The number of nitrogens with zero attached hydrogens (tertiary/aromatic N) is 8. The Bertz CT molecular complexity index is 600. The zero-order valence-corrected chi connectivity index (χ0v) is 10.5. The van der Waals surface area contributed by atoms with Gasteiger partial charge in [0.05, 0.1) is 6.04 Å². The van der Waals surface area contributed by atoms with Crippen molar-refractivity contribution < 1.29 is 9.90 Å². The maximum absolute atomic E-state index is 10.8. The van der Waals surface area contributed by atoms with E-state index in [2.05, 4.69) is 36.4 Å². The largest absolute Gasteiger partial charge is 0.480 e. The third-order valence-corrected chi connectivity index (χ3v) is 3.16. The van der Waals surface area contributed by atoms with E-state index in [-0.39, 0.29) is 18.4 Å². The third kappa shape index (κ3) is 2.34. The molecule has 1 saturated heterocycles. The van der Waals surface area contributed by atoms with Crippen molar-refractivity contribution in [2.24, 2.45) is 0 Å². The fourth-order valence-electron chi connectivity index (χ4n) is 2.24. The molecule has 0 aliphatic carbocycles. The summed E-state index contributed by atoms with van der Waals surface area (Å²) in [5, 5.41) is 34.7. The van der Waals surface area contributed by atoms with Gasteiger partial charge in [0.15, 0.2) is 0 Å². The number of rotatable bonds is 4. The Morgan fingerprint density at radius 2 is 1.90 bits per heavy atom. The molecule has 0 bridgehead atoms. The summed E-state index contributed by atoms with van der Waals surface area (Å²) in [6.45, 7) is 1.45.